The van der Waals surface area contributed by atoms with Crippen molar-refractivity contribution < 1.29 is 22.3 Å². The summed E-state index contributed by atoms with van der Waals surface area (Å²) < 4.78 is 46.9. The van der Waals surface area contributed by atoms with Gasteiger partial charge in [-0.3, -0.25) is 4.90 Å². The summed E-state index contributed by atoms with van der Waals surface area (Å²) in [6.45, 7) is 2.19. The molecule has 0 radical (unpaired) electrons. The highest BCUT2D eigenvalue weighted by molar-refractivity contribution is 7.94. The van der Waals surface area contributed by atoms with Gasteiger partial charge in [0.1, 0.15) is 16.5 Å². The predicted molar refractivity (Wildman–Crippen MR) is 112 cm³/mol. The SMILES string of the molecule is CCOc1ccc(N2C(=O)N(Cc3ccccc3F)c3ccccc3S2(=O)=O)cc1. The number of hydrogen-bond acceptors (Lipinski definition) is 4. The van der Waals surface area contributed by atoms with Crippen molar-refractivity contribution in [3.63, 3.8) is 0 Å². The molecule has 0 bridgehead atoms. The van der Waals surface area contributed by atoms with E-state index in [1.807, 2.05) is 6.92 Å². The van der Waals surface area contributed by atoms with Crippen LogP contribution in [-0.4, -0.2) is 21.1 Å². The molecule has 6 nitrogen and oxygen atoms in total. The zero-order valence-electron chi connectivity index (χ0n) is 16.2. The highest BCUT2D eigenvalue weighted by Crippen LogP contribution is 2.38. The molecule has 0 fully saturated rings. The van der Waals surface area contributed by atoms with Gasteiger partial charge >= 0.3 is 6.03 Å². The second kappa shape index (κ2) is 7.79. The van der Waals surface area contributed by atoms with E-state index in [9.17, 15) is 17.6 Å². The number of fused-ring (bicyclic) bond motifs is 1. The number of para-hydroxylation sites is 1. The van der Waals surface area contributed by atoms with Crippen molar-refractivity contribution >= 4 is 27.4 Å². The summed E-state index contributed by atoms with van der Waals surface area (Å²) in [5.74, 6) is 0.0931. The number of carbonyl (C=O) groups is 1. The van der Waals surface area contributed by atoms with E-state index in [1.54, 1.807) is 48.5 Å². The molecule has 2 amide bonds. The first kappa shape index (κ1) is 19.9. The second-order valence-electron chi connectivity index (χ2n) is 6.62. The van der Waals surface area contributed by atoms with Gasteiger partial charge in [-0.25, -0.2) is 17.6 Å². The minimum atomic E-state index is -4.14. The summed E-state index contributed by atoms with van der Waals surface area (Å²) in [7, 11) is -4.14. The van der Waals surface area contributed by atoms with Crippen LogP contribution in [0, 0.1) is 5.82 Å². The van der Waals surface area contributed by atoms with Crippen LogP contribution in [-0.2, 0) is 16.6 Å². The van der Waals surface area contributed by atoms with Gasteiger partial charge in [-0.05, 0) is 49.4 Å². The molecule has 0 atom stereocenters. The molecule has 0 saturated carbocycles. The van der Waals surface area contributed by atoms with Gasteiger partial charge in [0.15, 0.2) is 0 Å². The Morgan fingerprint density at radius 2 is 1.60 bits per heavy atom. The van der Waals surface area contributed by atoms with Gasteiger partial charge in [-0.15, -0.1) is 0 Å². The fourth-order valence-electron chi connectivity index (χ4n) is 3.36. The largest absolute Gasteiger partial charge is 0.494 e. The first-order valence-electron chi connectivity index (χ1n) is 9.35. The average molecular weight is 426 g/mol. The van der Waals surface area contributed by atoms with Crippen LogP contribution in [0.15, 0.2) is 77.7 Å². The Morgan fingerprint density at radius 3 is 2.30 bits per heavy atom. The van der Waals surface area contributed by atoms with Crippen molar-refractivity contribution in [3.05, 3.63) is 84.2 Å². The molecule has 0 spiro atoms. The monoisotopic (exact) mass is 426 g/mol. The van der Waals surface area contributed by atoms with Crippen molar-refractivity contribution in [1.29, 1.82) is 0 Å². The smallest absolute Gasteiger partial charge is 0.343 e. The number of carbonyl (C=O) groups excluding carboxylic acids is 1. The highest BCUT2D eigenvalue weighted by Gasteiger charge is 2.42. The molecule has 8 heteroatoms. The maximum Gasteiger partial charge on any atom is 0.343 e. The molecule has 3 aromatic rings. The number of ether oxygens (including phenoxy) is 1. The molecule has 0 aliphatic carbocycles. The van der Waals surface area contributed by atoms with Gasteiger partial charge in [-0.2, -0.15) is 4.31 Å². The molecule has 3 aromatic carbocycles. The number of urea groups is 1. The second-order valence-corrected chi connectivity index (χ2v) is 8.38. The van der Waals surface area contributed by atoms with Gasteiger partial charge in [0, 0.05) is 5.56 Å². The van der Waals surface area contributed by atoms with Crippen molar-refractivity contribution in [2.24, 2.45) is 0 Å². The Kier molecular flexibility index (Phi) is 5.17. The van der Waals surface area contributed by atoms with Crippen molar-refractivity contribution in [2.45, 2.75) is 18.4 Å². The van der Waals surface area contributed by atoms with Crippen LogP contribution < -0.4 is 13.9 Å². The number of benzene rings is 3. The lowest BCUT2D eigenvalue weighted by Crippen LogP contribution is -2.50. The Labute approximate surface area is 174 Å². The number of amides is 2. The van der Waals surface area contributed by atoms with Gasteiger partial charge < -0.3 is 4.74 Å². The standard InChI is InChI=1S/C22H19FN2O4S/c1-2-29-18-13-11-17(12-14-18)25-22(26)24(15-16-7-3-4-8-19(16)23)20-9-5-6-10-21(20)30(25,27)28/h3-14H,2,15H2,1H3. The van der Waals surface area contributed by atoms with Gasteiger partial charge in [0.2, 0.25) is 0 Å². The highest BCUT2D eigenvalue weighted by atomic mass is 32.2. The molecule has 1 aliphatic rings. The fraction of sp³-hybridized carbons (Fsp3) is 0.136. The molecule has 0 saturated heterocycles. The van der Waals surface area contributed by atoms with Crippen molar-refractivity contribution in [3.8, 4) is 5.75 Å². The lowest BCUT2D eigenvalue weighted by atomic mass is 10.2. The third kappa shape index (κ3) is 3.39. The Hall–Kier alpha value is -3.39. The number of halogens is 1. The zero-order valence-corrected chi connectivity index (χ0v) is 17.0. The Balaban J connectivity index is 1.82. The Morgan fingerprint density at radius 1 is 0.933 bits per heavy atom. The molecular formula is C22H19FN2O4S. The predicted octanol–water partition coefficient (Wildman–Crippen LogP) is 4.56. The van der Waals surface area contributed by atoms with Crippen LogP contribution in [0.3, 0.4) is 0 Å². The van der Waals surface area contributed by atoms with Gasteiger partial charge in [-0.1, -0.05) is 30.3 Å². The summed E-state index contributed by atoms with van der Waals surface area (Å²) in [6.07, 6.45) is 0. The average Bonchev–Trinajstić information content (AvgIpc) is 2.74. The van der Waals surface area contributed by atoms with Gasteiger partial charge in [0.05, 0.1) is 24.5 Å². The van der Waals surface area contributed by atoms with Crippen LogP contribution in [0.2, 0.25) is 0 Å². The topological polar surface area (TPSA) is 66.9 Å². The van der Waals surface area contributed by atoms with Crippen LogP contribution in [0.1, 0.15) is 12.5 Å². The summed E-state index contributed by atoms with van der Waals surface area (Å²) in [5.41, 5.74) is 0.677. The molecule has 1 aliphatic heterocycles. The van der Waals surface area contributed by atoms with Gasteiger partial charge in [0.25, 0.3) is 10.0 Å². The van der Waals surface area contributed by atoms with E-state index in [4.69, 9.17) is 4.74 Å². The van der Waals surface area contributed by atoms with Crippen molar-refractivity contribution in [2.75, 3.05) is 15.8 Å². The van der Waals surface area contributed by atoms with Crippen molar-refractivity contribution in [1.82, 2.24) is 0 Å². The molecule has 0 N–H and O–H groups in total. The molecule has 1 heterocycles. The molecule has 154 valence electrons. The summed E-state index contributed by atoms with van der Waals surface area (Å²) in [4.78, 5) is 14.6. The summed E-state index contributed by atoms with van der Waals surface area (Å²) in [6, 6.07) is 17.7. The molecule has 30 heavy (non-hydrogen) atoms. The quantitative estimate of drug-likeness (QED) is 0.600. The van der Waals surface area contributed by atoms with Crippen LogP contribution in [0.25, 0.3) is 0 Å². The van der Waals surface area contributed by atoms with E-state index in [2.05, 4.69) is 0 Å². The molecular weight excluding hydrogens is 407 g/mol. The summed E-state index contributed by atoms with van der Waals surface area (Å²) in [5, 5.41) is 0. The van der Waals surface area contributed by atoms with E-state index in [-0.39, 0.29) is 28.4 Å². The first-order valence-corrected chi connectivity index (χ1v) is 10.8. The number of sulfonamides is 1. The first-order chi connectivity index (χ1) is 14.4. The number of anilines is 2. The van der Waals surface area contributed by atoms with E-state index in [1.165, 1.54) is 29.2 Å². The lowest BCUT2D eigenvalue weighted by Gasteiger charge is -2.36. The minimum Gasteiger partial charge on any atom is -0.494 e. The third-order valence-electron chi connectivity index (χ3n) is 4.75. The molecule has 4 rings (SSSR count). The van der Waals surface area contributed by atoms with Crippen LogP contribution in [0.4, 0.5) is 20.6 Å². The molecule has 0 unspecified atom stereocenters. The molecule has 0 aromatic heterocycles. The summed E-state index contributed by atoms with van der Waals surface area (Å²) >= 11 is 0. The number of nitrogens with zero attached hydrogens (tertiary/aromatic N) is 2. The number of hydrogen-bond donors (Lipinski definition) is 0. The van der Waals surface area contributed by atoms with Crippen LogP contribution in [0.5, 0.6) is 5.75 Å². The van der Waals surface area contributed by atoms with E-state index < -0.39 is 21.9 Å². The van der Waals surface area contributed by atoms with E-state index in [0.717, 1.165) is 4.31 Å². The normalized spacial score (nSPS) is 15.1. The maximum absolute atomic E-state index is 14.3. The minimum absolute atomic E-state index is 0.0187. The van der Waals surface area contributed by atoms with E-state index >= 15 is 0 Å². The number of rotatable bonds is 5. The zero-order chi connectivity index (χ0) is 21.3. The lowest BCUT2D eigenvalue weighted by molar-refractivity contribution is 0.253. The Bertz CT molecular complexity index is 1200. The van der Waals surface area contributed by atoms with E-state index in [0.29, 0.717) is 12.4 Å². The third-order valence-corrected chi connectivity index (χ3v) is 6.50. The van der Waals surface area contributed by atoms with Crippen LogP contribution >= 0.6 is 0 Å². The maximum atomic E-state index is 14.3. The fourth-order valence-corrected chi connectivity index (χ4v) is 4.95.